The fourth-order valence-electron chi connectivity index (χ4n) is 8.38. The minimum atomic E-state index is -0.0994. The number of fused-ring (bicyclic) bond motifs is 6. The fraction of sp³-hybridized carbons (Fsp3) is 0.0588. The molecule has 0 amide bonds. The van der Waals surface area contributed by atoms with Crippen LogP contribution in [0.1, 0.15) is 25.0 Å². The Labute approximate surface area is 310 Å². The quantitative estimate of drug-likeness (QED) is 0.174. The maximum absolute atomic E-state index is 6.23. The molecule has 2 nitrogen and oxygen atoms in total. The van der Waals surface area contributed by atoms with Crippen molar-refractivity contribution in [2.24, 2.45) is 0 Å². The van der Waals surface area contributed by atoms with E-state index in [4.69, 9.17) is 4.42 Å². The van der Waals surface area contributed by atoms with Crippen LogP contribution < -0.4 is 4.90 Å². The second-order valence-electron chi connectivity index (χ2n) is 14.6. The lowest BCUT2D eigenvalue weighted by Gasteiger charge is -2.28. The van der Waals surface area contributed by atoms with E-state index >= 15 is 0 Å². The number of hydrogen-bond acceptors (Lipinski definition) is 2. The van der Waals surface area contributed by atoms with Crippen molar-refractivity contribution in [2.45, 2.75) is 19.3 Å². The largest absolute Gasteiger partial charge is 0.456 e. The molecule has 10 rings (SSSR count). The Morgan fingerprint density at radius 2 is 0.887 bits per heavy atom. The molecule has 252 valence electrons. The summed E-state index contributed by atoms with van der Waals surface area (Å²) in [6.07, 6.45) is 0. The van der Waals surface area contributed by atoms with E-state index in [1.807, 2.05) is 12.1 Å². The second kappa shape index (κ2) is 12.3. The summed E-state index contributed by atoms with van der Waals surface area (Å²) in [5.74, 6) is 0. The van der Waals surface area contributed by atoms with Crippen LogP contribution >= 0.6 is 0 Å². The molecule has 0 saturated carbocycles. The molecule has 2 heteroatoms. The van der Waals surface area contributed by atoms with Crippen molar-refractivity contribution in [1.29, 1.82) is 0 Å². The summed E-state index contributed by atoms with van der Waals surface area (Å²) < 4.78 is 6.23. The van der Waals surface area contributed by atoms with Gasteiger partial charge in [0.1, 0.15) is 11.2 Å². The van der Waals surface area contributed by atoms with Crippen molar-refractivity contribution in [1.82, 2.24) is 0 Å². The van der Waals surface area contributed by atoms with Crippen LogP contribution in [0.2, 0.25) is 0 Å². The molecule has 0 saturated heterocycles. The van der Waals surface area contributed by atoms with Gasteiger partial charge < -0.3 is 9.32 Å². The Morgan fingerprint density at radius 1 is 0.358 bits per heavy atom. The van der Waals surface area contributed by atoms with Crippen LogP contribution in [0.3, 0.4) is 0 Å². The Bertz CT molecular complexity index is 2790. The number of rotatable bonds is 6. The SMILES string of the molecule is CC1(C)c2ccccc2-c2ccc(N(c3ccc(-c4ccc5c(c4)oc4ccccc45)cc3)c3ccc(-c4ccccc4-c4ccccc4)cc3)cc21. The van der Waals surface area contributed by atoms with E-state index in [1.54, 1.807) is 0 Å². The van der Waals surface area contributed by atoms with Gasteiger partial charge in [-0.25, -0.2) is 0 Å². The molecule has 1 heterocycles. The highest BCUT2D eigenvalue weighted by molar-refractivity contribution is 6.06. The summed E-state index contributed by atoms with van der Waals surface area (Å²) in [5.41, 5.74) is 17.6. The summed E-state index contributed by atoms with van der Waals surface area (Å²) in [5, 5.41) is 2.29. The molecule has 1 aromatic heterocycles. The molecule has 8 aromatic carbocycles. The van der Waals surface area contributed by atoms with Crippen molar-refractivity contribution in [2.75, 3.05) is 4.90 Å². The highest BCUT2D eigenvalue weighted by atomic mass is 16.3. The highest BCUT2D eigenvalue weighted by Crippen LogP contribution is 2.50. The lowest BCUT2D eigenvalue weighted by atomic mass is 9.82. The highest BCUT2D eigenvalue weighted by Gasteiger charge is 2.35. The van der Waals surface area contributed by atoms with Crippen molar-refractivity contribution < 1.29 is 4.42 Å². The predicted octanol–water partition coefficient (Wildman–Crippen LogP) is 14.4. The maximum Gasteiger partial charge on any atom is 0.136 e. The molecule has 0 radical (unpaired) electrons. The van der Waals surface area contributed by atoms with E-state index in [1.165, 1.54) is 44.5 Å². The van der Waals surface area contributed by atoms with Gasteiger partial charge in [-0.15, -0.1) is 0 Å². The first kappa shape index (κ1) is 31.1. The number of furan rings is 1. The zero-order valence-corrected chi connectivity index (χ0v) is 29.8. The van der Waals surface area contributed by atoms with Crippen molar-refractivity contribution in [3.8, 4) is 44.5 Å². The molecule has 0 fully saturated rings. The number of hydrogen-bond donors (Lipinski definition) is 0. The van der Waals surface area contributed by atoms with Crippen LogP contribution in [0.25, 0.3) is 66.4 Å². The van der Waals surface area contributed by atoms with Gasteiger partial charge in [-0.1, -0.05) is 147 Å². The first-order chi connectivity index (χ1) is 26.0. The second-order valence-corrected chi connectivity index (χ2v) is 14.6. The summed E-state index contributed by atoms with van der Waals surface area (Å²) in [7, 11) is 0. The number of nitrogens with zero attached hydrogens (tertiary/aromatic N) is 1. The van der Waals surface area contributed by atoms with Crippen LogP contribution in [0.4, 0.5) is 17.1 Å². The van der Waals surface area contributed by atoms with Gasteiger partial charge in [-0.2, -0.15) is 0 Å². The molecule has 0 spiro atoms. The van der Waals surface area contributed by atoms with Gasteiger partial charge in [0.05, 0.1) is 0 Å². The molecule has 9 aromatic rings. The Morgan fingerprint density at radius 3 is 1.62 bits per heavy atom. The summed E-state index contributed by atoms with van der Waals surface area (Å²) >= 11 is 0. The zero-order chi connectivity index (χ0) is 35.5. The van der Waals surface area contributed by atoms with Crippen LogP contribution in [0.5, 0.6) is 0 Å². The zero-order valence-electron chi connectivity index (χ0n) is 29.8. The lowest BCUT2D eigenvalue weighted by molar-refractivity contribution is 0.660. The van der Waals surface area contributed by atoms with E-state index in [0.29, 0.717) is 0 Å². The number of benzene rings is 8. The van der Waals surface area contributed by atoms with E-state index in [9.17, 15) is 0 Å². The van der Waals surface area contributed by atoms with Crippen molar-refractivity contribution >= 4 is 39.0 Å². The molecule has 1 aliphatic rings. The van der Waals surface area contributed by atoms with Gasteiger partial charge in [0.2, 0.25) is 0 Å². The third-order valence-electron chi connectivity index (χ3n) is 11.1. The smallest absolute Gasteiger partial charge is 0.136 e. The van der Waals surface area contributed by atoms with Gasteiger partial charge in [0, 0.05) is 33.2 Å². The average Bonchev–Trinajstić information content (AvgIpc) is 3.70. The third-order valence-corrected chi connectivity index (χ3v) is 11.1. The summed E-state index contributed by atoms with van der Waals surface area (Å²) in [6.45, 7) is 4.69. The fourth-order valence-corrected chi connectivity index (χ4v) is 8.38. The van der Waals surface area contributed by atoms with Crippen LogP contribution in [0, 0.1) is 0 Å². The lowest BCUT2D eigenvalue weighted by Crippen LogP contribution is -2.16. The molecule has 0 bridgehead atoms. The monoisotopic (exact) mass is 679 g/mol. The van der Waals surface area contributed by atoms with Gasteiger partial charge in [-0.3, -0.25) is 0 Å². The number of para-hydroxylation sites is 1. The maximum atomic E-state index is 6.23. The van der Waals surface area contributed by atoms with Gasteiger partial charge in [-0.05, 0) is 110 Å². The Kier molecular flexibility index (Phi) is 7.19. The van der Waals surface area contributed by atoms with Crippen LogP contribution in [0.15, 0.2) is 192 Å². The topological polar surface area (TPSA) is 16.4 Å². The van der Waals surface area contributed by atoms with E-state index in [2.05, 4.69) is 195 Å². The van der Waals surface area contributed by atoms with E-state index in [0.717, 1.165) is 50.1 Å². The normalized spacial score (nSPS) is 12.9. The first-order valence-corrected chi connectivity index (χ1v) is 18.3. The van der Waals surface area contributed by atoms with Crippen molar-refractivity contribution in [3.05, 3.63) is 199 Å². The Hall–Kier alpha value is -6.64. The molecule has 0 aliphatic heterocycles. The van der Waals surface area contributed by atoms with Gasteiger partial charge in [0.15, 0.2) is 0 Å². The van der Waals surface area contributed by atoms with Gasteiger partial charge >= 0.3 is 0 Å². The minimum absolute atomic E-state index is 0.0994. The third kappa shape index (κ3) is 5.18. The molecule has 1 aliphatic carbocycles. The van der Waals surface area contributed by atoms with Crippen molar-refractivity contribution in [3.63, 3.8) is 0 Å². The Balaban J connectivity index is 1.06. The van der Waals surface area contributed by atoms with Crippen LogP contribution in [-0.2, 0) is 5.41 Å². The minimum Gasteiger partial charge on any atom is -0.456 e. The molecular formula is C51H37NO. The molecule has 0 unspecified atom stereocenters. The molecule has 53 heavy (non-hydrogen) atoms. The standard InChI is InChI=1S/C51H37NO/c1-51(2)47-18-10-8-16-43(47)44-31-29-40(33-48(44)51)52(39-27-22-36(23-28-39)42-15-7-6-14-41(42)35-12-4-3-5-13-35)38-25-20-34(21-26-38)37-24-30-46-45-17-9-11-19-49(45)53-50(46)32-37/h3-33H,1-2H3. The molecule has 0 atom stereocenters. The van der Waals surface area contributed by atoms with Crippen LogP contribution in [-0.4, -0.2) is 0 Å². The van der Waals surface area contributed by atoms with E-state index in [-0.39, 0.29) is 5.41 Å². The summed E-state index contributed by atoms with van der Waals surface area (Å²) in [6, 6.07) is 67.9. The predicted molar refractivity (Wildman–Crippen MR) is 222 cm³/mol. The first-order valence-electron chi connectivity index (χ1n) is 18.3. The number of anilines is 3. The molecule has 0 N–H and O–H groups in total. The van der Waals surface area contributed by atoms with Gasteiger partial charge in [0.25, 0.3) is 0 Å². The summed E-state index contributed by atoms with van der Waals surface area (Å²) in [4.78, 5) is 2.39. The van der Waals surface area contributed by atoms with E-state index < -0.39 is 0 Å². The molecular weight excluding hydrogens is 643 g/mol. The average molecular weight is 680 g/mol.